The average Bonchev–Trinajstić information content (AvgIpc) is 2.36. The van der Waals surface area contributed by atoms with Gasteiger partial charge in [0.25, 0.3) is 0 Å². The van der Waals surface area contributed by atoms with E-state index in [1.165, 1.54) is 11.3 Å². The number of hydrogen-bond acceptors (Lipinski definition) is 2. The molecule has 0 amide bonds. The van der Waals surface area contributed by atoms with E-state index in [0.717, 1.165) is 12.2 Å². The molecule has 0 saturated heterocycles. The van der Waals surface area contributed by atoms with E-state index >= 15 is 0 Å². The van der Waals surface area contributed by atoms with Gasteiger partial charge in [-0.3, -0.25) is 4.68 Å². The zero-order valence-corrected chi connectivity index (χ0v) is 11.7. The van der Waals surface area contributed by atoms with Gasteiger partial charge in [-0.2, -0.15) is 5.10 Å². The predicted molar refractivity (Wildman–Crippen MR) is 68.6 cm³/mol. The lowest BCUT2D eigenvalue weighted by molar-refractivity contribution is 0.359. The zero-order chi connectivity index (χ0) is 12.5. The first-order valence-corrected chi connectivity index (χ1v) is 5.96. The summed E-state index contributed by atoms with van der Waals surface area (Å²) in [6.45, 7) is 14.2. The van der Waals surface area contributed by atoms with Crippen molar-refractivity contribution in [3.8, 4) is 0 Å². The average molecular weight is 223 g/mol. The van der Waals surface area contributed by atoms with Crippen LogP contribution >= 0.6 is 0 Å². The Kier molecular flexibility index (Phi) is 3.79. The van der Waals surface area contributed by atoms with E-state index in [-0.39, 0.29) is 0 Å². The Morgan fingerprint density at radius 1 is 1.31 bits per heavy atom. The maximum atomic E-state index is 4.45. The standard InChI is InChI=1S/C13H25N3/c1-9(14-8-13(4,5)6)12-10(2)15-16(7)11(12)3/h9,14H,8H2,1-7H3. The molecular formula is C13H25N3. The molecule has 0 bridgehead atoms. The van der Waals surface area contributed by atoms with Crippen LogP contribution in [-0.4, -0.2) is 16.3 Å². The van der Waals surface area contributed by atoms with Crippen molar-refractivity contribution in [3.05, 3.63) is 17.0 Å². The highest BCUT2D eigenvalue weighted by Gasteiger charge is 2.18. The minimum atomic E-state index is 0.318. The van der Waals surface area contributed by atoms with Gasteiger partial charge >= 0.3 is 0 Å². The van der Waals surface area contributed by atoms with Gasteiger partial charge < -0.3 is 5.32 Å². The fourth-order valence-electron chi connectivity index (χ4n) is 1.98. The fraction of sp³-hybridized carbons (Fsp3) is 0.769. The molecule has 3 heteroatoms. The van der Waals surface area contributed by atoms with Gasteiger partial charge in [0.15, 0.2) is 0 Å². The van der Waals surface area contributed by atoms with Gasteiger partial charge in [-0.05, 0) is 26.2 Å². The van der Waals surface area contributed by atoms with Gasteiger partial charge in [-0.15, -0.1) is 0 Å². The summed E-state index contributed by atoms with van der Waals surface area (Å²) in [4.78, 5) is 0. The summed E-state index contributed by atoms with van der Waals surface area (Å²) in [6.07, 6.45) is 0. The van der Waals surface area contributed by atoms with Crippen molar-refractivity contribution in [2.24, 2.45) is 12.5 Å². The van der Waals surface area contributed by atoms with Gasteiger partial charge in [0, 0.05) is 30.9 Å². The Morgan fingerprint density at radius 2 is 1.88 bits per heavy atom. The third-order valence-electron chi connectivity index (χ3n) is 2.94. The number of aryl methyl sites for hydroxylation is 2. The molecule has 1 atom stereocenters. The molecule has 1 aromatic rings. The second-order valence-corrected chi connectivity index (χ2v) is 5.87. The largest absolute Gasteiger partial charge is 0.310 e. The SMILES string of the molecule is Cc1nn(C)c(C)c1C(C)NCC(C)(C)C. The van der Waals surface area contributed by atoms with Crippen LogP contribution in [0.4, 0.5) is 0 Å². The van der Waals surface area contributed by atoms with Crippen molar-refractivity contribution in [1.82, 2.24) is 15.1 Å². The quantitative estimate of drug-likeness (QED) is 0.854. The van der Waals surface area contributed by atoms with Crippen molar-refractivity contribution in [3.63, 3.8) is 0 Å². The van der Waals surface area contributed by atoms with Crippen LogP contribution in [0.3, 0.4) is 0 Å². The summed E-state index contributed by atoms with van der Waals surface area (Å²) in [5, 5.41) is 8.03. The highest BCUT2D eigenvalue weighted by atomic mass is 15.3. The number of aromatic nitrogens is 2. The number of rotatable bonds is 3. The highest BCUT2D eigenvalue weighted by molar-refractivity contribution is 5.27. The van der Waals surface area contributed by atoms with Gasteiger partial charge in [-0.25, -0.2) is 0 Å². The topological polar surface area (TPSA) is 29.9 Å². The summed E-state index contributed by atoms with van der Waals surface area (Å²) < 4.78 is 1.96. The van der Waals surface area contributed by atoms with Crippen LogP contribution in [-0.2, 0) is 7.05 Å². The molecule has 1 rings (SSSR count). The minimum Gasteiger partial charge on any atom is -0.310 e. The Labute approximate surface area is 99.2 Å². The summed E-state index contributed by atoms with van der Waals surface area (Å²) in [5.41, 5.74) is 4.05. The molecule has 16 heavy (non-hydrogen) atoms. The smallest absolute Gasteiger partial charge is 0.0644 e. The molecule has 0 aliphatic rings. The van der Waals surface area contributed by atoms with E-state index in [0.29, 0.717) is 11.5 Å². The maximum Gasteiger partial charge on any atom is 0.0644 e. The Morgan fingerprint density at radius 3 is 2.25 bits per heavy atom. The van der Waals surface area contributed by atoms with E-state index in [4.69, 9.17) is 0 Å². The monoisotopic (exact) mass is 223 g/mol. The Bertz CT molecular complexity index is 358. The van der Waals surface area contributed by atoms with Crippen molar-refractivity contribution in [2.75, 3.05) is 6.54 Å². The molecule has 0 aliphatic heterocycles. The van der Waals surface area contributed by atoms with Crippen molar-refractivity contribution < 1.29 is 0 Å². The molecule has 1 unspecified atom stereocenters. The molecule has 1 N–H and O–H groups in total. The summed E-state index contributed by atoms with van der Waals surface area (Å²) >= 11 is 0. The van der Waals surface area contributed by atoms with Crippen LogP contribution in [0.1, 0.15) is 50.7 Å². The highest BCUT2D eigenvalue weighted by Crippen LogP contribution is 2.22. The molecule has 1 aromatic heterocycles. The van der Waals surface area contributed by atoms with Crippen LogP contribution in [0.15, 0.2) is 0 Å². The Balaban J connectivity index is 2.77. The molecular weight excluding hydrogens is 198 g/mol. The van der Waals surface area contributed by atoms with Crippen LogP contribution in [0.25, 0.3) is 0 Å². The van der Waals surface area contributed by atoms with Gasteiger partial charge in [0.05, 0.1) is 5.69 Å². The molecule has 3 nitrogen and oxygen atoms in total. The molecule has 0 aliphatic carbocycles. The van der Waals surface area contributed by atoms with Crippen molar-refractivity contribution in [1.29, 1.82) is 0 Å². The second kappa shape index (κ2) is 4.58. The van der Waals surface area contributed by atoms with Crippen LogP contribution in [0.2, 0.25) is 0 Å². The summed E-state index contributed by atoms with van der Waals surface area (Å²) in [5.74, 6) is 0. The van der Waals surface area contributed by atoms with Crippen molar-refractivity contribution in [2.45, 2.75) is 47.6 Å². The molecule has 0 radical (unpaired) electrons. The van der Waals surface area contributed by atoms with E-state index in [1.807, 2.05) is 11.7 Å². The van der Waals surface area contributed by atoms with Gasteiger partial charge in [0.1, 0.15) is 0 Å². The second-order valence-electron chi connectivity index (χ2n) is 5.87. The number of nitrogens with one attached hydrogen (secondary N) is 1. The first kappa shape index (κ1) is 13.2. The van der Waals surface area contributed by atoms with E-state index in [2.05, 4.69) is 52.0 Å². The normalized spacial score (nSPS) is 14.2. The lowest BCUT2D eigenvalue weighted by Crippen LogP contribution is -2.29. The third kappa shape index (κ3) is 3.08. The van der Waals surface area contributed by atoms with E-state index in [9.17, 15) is 0 Å². The summed E-state index contributed by atoms with van der Waals surface area (Å²) in [6, 6.07) is 0.368. The predicted octanol–water partition coefficient (Wildman–Crippen LogP) is 2.73. The fourth-order valence-corrected chi connectivity index (χ4v) is 1.98. The van der Waals surface area contributed by atoms with Crippen molar-refractivity contribution >= 4 is 0 Å². The number of nitrogens with zero attached hydrogens (tertiary/aromatic N) is 2. The van der Waals surface area contributed by atoms with Gasteiger partial charge in [0.2, 0.25) is 0 Å². The lowest BCUT2D eigenvalue weighted by Gasteiger charge is -2.23. The first-order valence-electron chi connectivity index (χ1n) is 5.96. The lowest BCUT2D eigenvalue weighted by atomic mass is 9.96. The molecule has 1 heterocycles. The van der Waals surface area contributed by atoms with Crippen LogP contribution < -0.4 is 5.32 Å². The molecule has 92 valence electrons. The van der Waals surface area contributed by atoms with Gasteiger partial charge in [-0.1, -0.05) is 20.8 Å². The zero-order valence-electron chi connectivity index (χ0n) is 11.7. The third-order valence-corrected chi connectivity index (χ3v) is 2.94. The maximum absolute atomic E-state index is 4.45. The van der Waals surface area contributed by atoms with E-state index < -0.39 is 0 Å². The number of hydrogen-bond donors (Lipinski definition) is 1. The first-order chi connectivity index (χ1) is 7.22. The van der Waals surface area contributed by atoms with Crippen LogP contribution in [0.5, 0.6) is 0 Å². The van der Waals surface area contributed by atoms with Crippen LogP contribution in [0, 0.1) is 19.3 Å². The minimum absolute atomic E-state index is 0.318. The molecule has 0 spiro atoms. The molecule has 0 saturated carbocycles. The molecule has 0 aromatic carbocycles. The Hall–Kier alpha value is -0.830. The van der Waals surface area contributed by atoms with E-state index in [1.54, 1.807) is 0 Å². The molecule has 0 fully saturated rings. The summed E-state index contributed by atoms with van der Waals surface area (Å²) in [7, 11) is 2.00.